The molecule has 0 radical (unpaired) electrons. The molecule has 3 heterocycles. The van der Waals surface area contributed by atoms with Gasteiger partial charge >= 0.3 is 0 Å². The molecule has 0 spiro atoms. The molecule has 2 aromatic carbocycles. The fourth-order valence-corrected chi connectivity index (χ4v) is 7.51. The Morgan fingerprint density at radius 3 is 2.19 bits per heavy atom. The molecule has 2 aliphatic carbocycles. The van der Waals surface area contributed by atoms with Gasteiger partial charge in [0.15, 0.2) is 5.82 Å². The van der Waals surface area contributed by atoms with E-state index in [2.05, 4.69) is 86.0 Å². The Kier molecular flexibility index (Phi) is 6.94. The molecule has 43 heavy (non-hydrogen) atoms. The zero-order valence-corrected chi connectivity index (χ0v) is 24.8. The number of aromatic nitrogens is 3. The third-order valence-corrected chi connectivity index (χ3v) is 9.72. The third kappa shape index (κ3) is 4.86. The number of nitrogens with zero attached hydrogens (tertiary/aromatic N) is 5. The van der Waals surface area contributed by atoms with Crippen LogP contribution >= 0.6 is 23.1 Å². The minimum Gasteiger partial charge on any atom is -0.302 e. The maximum Gasteiger partial charge on any atom is 0.243 e. The van der Waals surface area contributed by atoms with E-state index < -0.39 is 35.7 Å². The highest BCUT2D eigenvalue weighted by molar-refractivity contribution is 7.19. The highest BCUT2D eigenvalue weighted by atomic mass is 32.1. The zero-order valence-electron chi connectivity index (χ0n) is 23.2. The summed E-state index contributed by atoms with van der Waals surface area (Å²) in [5, 5.41) is 0.989. The molecular formula is C32H25F2N5O2S2. The monoisotopic (exact) mass is 613 g/mol. The summed E-state index contributed by atoms with van der Waals surface area (Å²) in [5.41, 5.74) is 5.91. The number of anilines is 3. The maximum absolute atomic E-state index is 14.6. The van der Waals surface area contributed by atoms with E-state index >= 15 is 0 Å². The number of carbonyl (C=O) groups is 2. The number of fused-ring (bicyclic) bond motifs is 2. The first kappa shape index (κ1) is 27.6. The van der Waals surface area contributed by atoms with E-state index in [0.29, 0.717) is 11.0 Å². The lowest BCUT2D eigenvalue weighted by molar-refractivity contribution is -0.136. The van der Waals surface area contributed by atoms with Crippen LogP contribution in [0.15, 0.2) is 71.9 Å². The van der Waals surface area contributed by atoms with Crippen molar-refractivity contribution in [3.8, 4) is 10.4 Å². The van der Waals surface area contributed by atoms with Crippen LogP contribution in [-0.2, 0) is 9.59 Å². The minimum atomic E-state index is -1.71. The first-order valence-electron chi connectivity index (χ1n) is 13.9. The number of pyridine rings is 1. The summed E-state index contributed by atoms with van der Waals surface area (Å²) in [6.07, 6.45) is -2.02. The van der Waals surface area contributed by atoms with Gasteiger partial charge in [-0.05, 0) is 56.7 Å². The van der Waals surface area contributed by atoms with Gasteiger partial charge in [-0.25, -0.2) is 18.8 Å². The molecule has 11 heteroatoms. The average molecular weight is 614 g/mol. The Balaban J connectivity index is 1.27. The van der Waals surface area contributed by atoms with Gasteiger partial charge in [-0.15, -0.1) is 11.3 Å². The first-order valence-corrected chi connectivity index (χ1v) is 15.4. The van der Waals surface area contributed by atoms with E-state index in [1.54, 1.807) is 17.5 Å². The van der Waals surface area contributed by atoms with E-state index in [4.69, 9.17) is 0 Å². The quantitative estimate of drug-likeness (QED) is 0.188. The number of aliphatic imine (C=N–C) groups is 1. The molecule has 0 N–H and O–H groups in total. The Bertz CT molecular complexity index is 1860. The number of benzene rings is 2. The average Bonchev–Trinajstić information content (AvgIpc) is 3.72. The Morgan fingerprint density at radius 1 is 0.860 bits per heavy atom. The van der Waals surface area contributed by atoms with E-state index in [0.717, 1.165) is 38.5 Å². The highest BCUT2D eigenvalue weighted by Crippen LogP contribution is 2.45. The lowest BCUT2D eigenvalue weighted by atomic mass is 9.78. The molecule has 7 rings (SSSR count). The number of hydrogen-bond acceptors (Lipinski definition) is 9. The van der Waals surface area contributed by atoms with E-state index in [1.165, 1.54) is 11.1 Å². The van der Waals surface area contributed by atoms with Gasteiger partial charge in [0.2, 0.25) is 11.6 Å². The number of Topliss-reactive ketones (excluding diaryl/α,β-unsaturated/α-hetero) is 2. The molecule has 7 nitrogen and oxygen atoms in total. The fraction of sp³-hybridized carbons (Fsp3) is 0.250. The van der Waals surface area contributed by atoms with Crippen molar-refractivity contribution in [1.82, 2.24) is 13.7 Å². The van der Waals surface area contributed by atoms with Crippen molar-refractivity contribution in [2.24, 2.45) is 16.8 Å². The topological polar surface area (TPSA) is 88.4 Å². The molecule has 0 amide bonds. The molecule has 0 aliphatic heterocycles. The summed E-state index contributed by atoms with van der Waals surface area (Å²) in [6.45, 7) is 4.11. The van der Waals surface area contributed by atoms with Crippen molar-refractivity contribution < 1.29 is 18.4 Å². The summed E-state index contributed by atoms with van der Waals surface area (Å²) in [7, 11) is 0. The van der Waals surface area contributed by atoms with Gasteiger partial charge < -0.3 is 4.90 Å². The summed E-state index contributed by atoms with van der Waals surface area (Å²) < 4.78 is 37.7. The second-order valence-corrected chi connectivity index (χ2v) is 12.6. The number of aryl methyl sites for hydroxylation is 2. The predicted molar refractivity (Wildman–Crippen MR) is 166 cm³/mol. The van der Waals surface area contributed by atoms with Gasteiger partial charge in [-0.2, -0.15) is 8.75 Å². The summed E-state index contributed by atoms with van der Waals surface area (Å²) in [6, 6.07) is 20.8. The molecule has 2 saturated carbocycles. The predicted octanol–water partition coefficient (Wildman–Crippen LogP) is 7.83. The number of carbonyl (C=O) groups excluding carboxylic acids is 2. The molecule has 4 unspecified atom stereocenters. The summed E-state index contributed by atoms with van der Waals surface area (Å²) in [5.74, 6) is -3.69. The Labute approximate surface area is 254 Å². The largest absolute Gasteiger partial charge is 0.302 e. The Morgan fingerprint density at radius 2 is 1.51 bits per heavy atom. The van der Waals surface area contributed by atoms with E-state index in [-0.39, 0.29) is 24.4 Å². The zero-order chi connectivity index (χ0) is 29.8. The van der Waals surface area contributed by atoms with Crippen LogP contribution in [0.4, 0.5) is 31.0 Å². The van der Waals surface area contributed by atoms with Crippen molar-refractivity contribution >= 4 is 73.6 Å². The van der Waals surface area contributed by atoms with Crippen molar-refractivity contribution in [2.45, 2.75) is 39.0 Å². The Hall–Kier alpha value is -4.22. The normalized spacial score (nSPS) is 22.8. The molecule has 2 aliphatic rings. The first-order chi connectivity index (χ1) is 20.8. The standard InChI is InChI=1S/C32H25F2N5O2S2/c1-16-3-7-19(8-4-16)39(20-9-5-17(2)6-10-20)25-12-11-24(42-25)22-15-35-32(29-27(22)37-43-38-29)36-28-21-13-18(33)14-23(34)26(21)30(40)31(28)41/h3-12,15,18,21,23,26H,13-14H2,1-2H3. The minimum absolute atomic E-state index is 0.110. The van der Waals surface area contributed by atoms with Gasteiger partial charge in [0.25, 0.3) is 0 Å². The van der Waals surface area contributed by atoms with Crippen molar-refractivity contribution in [1.29, 1.82) is 0 Å². The molecule has 216 valence electrons. The number of halogens is 2. The molecule has 3 aromatic heterocycles. The van der Waals surface area contributed by atoms with Crippen LogP contribution in [0.5, 0.6) is 0 Å². The van der Waals surface area contributed by atoms with Gasteiger partial charge in [0.05, 0.1) is 23.4 Å². The van der Waals surface area contributed by atoms with Gasteiger partial charge in [0.1, 0.15) is 28.4 Å². The SMILES string of the molecule is Cc1ccc(N(c2ccc(C)cc2)c2ccc(-c3cnc(N=C4C(=O)C(=O)C5C(F)CC(F)CC45)c4nsnc34)s2)cc1. The van der Waals surface area contributed by atoms with Crippen LogP contribution in [0.25, 0.3) is 21.5 Å². The van der Waals surface area contributed by atoms with Crippen molar-refractivity contribution in [2.75, 3.05) is 4.90 Å². The van der Waals surface area contributed by atoms with Gasteiger partial charge in [-0.1, -0.05) is 35.4 Å². The lowest BCUT2D eigenvalue weighted by Gasteiger charge is -2.28. The van der Waals surface area contributed by atoms with Crippen LogP contribution < -0.4 is 4.90 Å². The fourth-order valence-electron chi connectivity index (χ4n) is 5.89. The highest BCUT2D eigenvalue weighted by Gasteiger charge is 2.54. The number of thiophene rings is 1. The summed E-state index contributed by atoms with van der Waals surface area (Å²) in [4.78, 5) is 37.4. The summed E-state index contributed by atoms with van der Waals surface area (Å²) >= 11 is 2.55. The van der Waals surface area contributed by atoms with Gasteiger partial charge in [0, 0.05) is 40.4 Å². The second-order valence-electron chi connectivity index (χ2n) is 11.0. The number of rotatable bonds is 5. The number of alkyl halides is 2. The van der Waals surface area contributed by atoms with Gasteiger partial charge in [-0.3, -0.25) is 9.59 Å². The third-order valence-electron chi connectivity index (χ3n) is 8.08. The van der Waals surface area contributed by atoms with Crippen LogP contribution in [0.2, 0.25) is 0 Å². The molecule has 5 aromatic rings. The van der Waals surface area contributed by atoms with E-state index in [9.17, 15) is 18.4 Å². The molecule has 0 bridgehead atoms. The molecule has 0 saturated heterocycles. The van der Waals surface area contributed by atoms with E-state index in [1.807, 2.05) is 12.1 Å². The number of hydrogen-bond donors (Lipinski definition) is 0. The maximum atomic E-state index is 14.6. The molecule has 2 fully saturated rings. The molecular weight excluding hydrogens is 589 g/mol. The van der Waals surface area contributed by atoms with Crippen LogP contribution in [0.3, 0.4) is 0 Å². The van der Waals surface area contributed by atoms with Crippen molar-refractivity contribution in [3.05, 3.63) is 78.0 Å². The van der Waals surface area contributed by atoms with Crippen LogP contribution in [0.1, 0.15) is 24.0 Å². The smallest absolute Gasteiger partial charge is 0.243 e. The van der Waals surface area contributed by atoms with Crippen molar-refractivity contribution in [3.63, 3.8) is 0 Å². The second kappa shape index (κ2) is 10.8. The van der Waals surface area contributed by atoms with Crippen LogP contribution in [0, 0.1) is 25.7 Å². The lowest BCUT2D eigenvalue weighted by Crippen LogP contribution is -2.36. The molecule has 4 atom stereocenters. The number of ketones is 2. The van der Waals surface area contributed by atoms with Crippen LogP contribution in [-0.4, -0.2) is 43.4 Å².